The molecule has 2 heterocycles. The third-order valence-electron chi connectivity index (χ3n) is 6.85. The number of aryl methyl sites for hydroxylation is 1. The van der Waals surface area contributed by atoms with E-state index in [9.17, 15) is 13.6 Å². The fourth-order valence-electron chi connectivity index (χ4n) is 4.68. The number of furan rings is 1. The first-order valence-electron chi connectivity index (χ1n) is 12.2. The Labute approximate surface area is 219 Å². The second kappa shape index (κ2) is 11.0. The summed E-state index contributed by atoms with van der Waals surface area (Å²) >= 11 is 6.06. The van der Waals surface area contributed by atoms with Crippen LogP contribution in [0.25, 0.3) is 11.0 Å². The highest BCUT2D eigenvalue weighted by molar-refractivity contribution is 6.30. The minimum atomic E-state index is -0.636. The van der Waals surface area contributed by atoms with Crippen LogP contribution in [-0.4, -0.2) is 48.4 Å². The van der Waals surface area contributed by atoms with Crippen LogP contribution in [0, 0.1) is 18.6 Å². The van der Waals surface area contributed by atoms with Crippen LogP contribution in [0.5, 0.6) is 0 Å². The van der Waals surface area contributed by atoms with Crippen molar-refractivity contribution in [1.82, 2.24) is 9.80 Å². The molecule has 0 spiro atoms. The normalized spacial score (nSPS) is 15.3. The molecule has 0 aliphatic carbocycles. The number of para-hydroxylation sites is 1. The minimum absolute atomic E-state index is 0.0990. The lowest BCUT2D eigenvalue weighted by Crippen LogP contribution is -2.49. The number of nitrogens with zero attached hydrogens (tertiary/aromatic N) is 2. The zero-order valence-electron chi connectivity index (χ0n) is 20.4. The van der Waals surface area contributed by atoms with Crippen LogP contribution in [-0.2, 0) is 11.3 Å². The van der Waals surface area contributed by atoms with Crippen LogP contribution in [0.15, 0.2) is 71.1 Å². The van der Waals surface area contributed by atoms with Gasteiger partial charge in [-0.3, -0.25) is 9.69 Å². The van der Waals surface area contributed by atoms with Gasteiger partial charge in [-0.15, -0.1) is 0 Å². The summed E-state index contributed by atoms with van der Waals surface area (Å²) in [4.78, 5) is 17.2. The molecule has 4 aromatic rings. The first kappa shape index (κ1) is 25.4. The van der Waals surface area contributed by atoms with E-state index in [1.165, 1.54) is 18.2 Å². The van der Waals surface area contributed by atoms with Crippen molar-refractivity contribution < 1.29 is 22.7 Å². The SMILES string of the molecule is Cc1c(C(=O)N2CCN(C[C@H](OCc3c(F)cccc3F)c3ccc(Cl)cc3)CC2)oc2ccccc12. The maximum absolute atomic E-state index is 14.2. The van der Waals surface area contributed by atoms with Gasteiger partial charge in [0.1, 0.15) is 17.2 Å². The molecule has 0 bridgehead atoms. The quantitative estimate of drug-likeness (QED) is 0.281. The van der Waals surface area contributed by atoms with Crippen molar-refractivity contribution in [1.29, 1.82) is 0 Å². The maximum Gasteiger partial charge on any atom is 0.289 e. The van der Waals surface area contributed by atoms with E-state index in [-0.39, 0.29) is 18.1 Å². The van der Waals surface area contributed by atoms with Crippen molar-refractivity contribution in [3.05, 3.63) is 106 Å². The highest BCUT2D eigenvalue weighted by Crippen LogP contribution is 2.27. The van der Waals surface area contributed by atoms with Crippen molar-refractivity contribution in [2.75, 3.05) is 32.7 Å². The molecule has 1 aromatic heterocycles. The molecule has 0 unspecified atom stereocenters. The molecular formula is C29H27ClF2N2O3. The average Bonchev–Trinajstić information content (AvgIpc) is 3.24. The number of rotatable bonds is 7. The second-order valence-electron chi connectivity index (χ2n) is 9.20. The zero-order valence-corrected chi connectivity index (χ0v) is 21.2. The monoisotopic (exact) mass is 524 g/mol. The molecule has 0 radical (unpaired) electrons. The molecule has 1 amide bonds. The van der Waals surface area contributed by atoms with Gasteiger partial charge in [0.2, 0.25) is 0 Å². The fraction of sp³-hybridized carbons (Fsp3) is 0.276. The van der Waals surface area contributed by atoms with Crippen LogP contribution in [0.2, 0.25) is 5.02 Å². The molecule has 5 nitrogen and oxygen atoms in total. The van der Waals surface area contributed by atoms with Gasteiger partial charge in [-0.1, -0.05) is 48.0 Å². The third kappa shape index (κ3) is 5.54. The van der Waals surface area contributed by atoms with Crippen LogP contribution < -0.4 is 0 Å². The van der Waals surface area contributed by atoms with Gasteiger partial charge in [0.25, 0.3) is 5.91 Å². The van der Waals surface area contributed by atoms with Crippen molar-refractivity contribution in [2.45, 2.75) is 19.6 Å². The molecule has 0 N–H and O–H groups in total. The molecule has 192 valence electrons. The predicted octanol–water partition coefficient (Wildman–Crippen LogP) is 6.39. The van der Waals surface area contributed by atoms with Crippen molar-refractivity contribution in [2.24, 2.45) is 0 Å². The van der Waals surface area contributed by atoms with Gasteiger partial charge in [0, 0.05) is 54.3 Å². The molecule has 1 aliphatic rings. The Morgan fingerprint density at radius 2 is 1.65 bits per heavy atom. The number of hydrogen-bond acceptors (Lipinski definition) is 4. The number of hydrogen-bond donors (Lipinski definition) is 0. The number of carbonyl (C=O) groups is 1. The Kier molecular flexibility index (Phi) is 7.55. The van der Waals surface area contributed by atoms with Crippen molar-refractivity contribution in [3.8, 4) is 0 Å². The van der Waals surface area contributed by atoms with Crippen molar-refractivity contribution >= 4 is 28.5 Å². The standard InChI is InChI=1S/C29H27ClF2N2O3/c1-19-22-5-2-3-8-26(22)37-28(19)29(35)34-15-13-33(14-16-34)17-27(20-9-11-21(30)12-10-20)36-18-23-24(31)6-4-7-25(23)32/h2-12,27H,13-18H2,1H3/t27-/m0/s1. The van der Waals surface area contributed by atoms with E-state index in [0.29, 0.717) is 49.1 Å². The van der Waals surface area contributed by atoms with Gasteiger partial charge in [0.05, 0.1) is 12.7 Å². The highest BCUT2D eigenvalue weighted by Gasteiger charge is 2.28. The van der Waals surface area contributed by atoms with E-state index in [2.05, 4.69) is 4.90 Å². The van der Waals surface area contributed by atoms with Crippen LogP contribution in [0.4, 0.5) is 8.78 Å². The van der Waals surface area contributed by atoms with E-state index in [4.69, 9.17) is 20.8 Å². The van der Waals surface area contributed by atoms with Crippen LogP contribution in [0.1, 0.15) is 33.3 Å². The summed E-state index contributed by atoms with van der Waals surface area (Å²) in [5.41, 5.74) is 2.31. The zero-order chi connectivity index (χ0) is 25.9. The fourth-order valence-corrected chi connectivity index (χ4v) is 4.80. The summed E-state index contributed by atoms with van der Waals surface area (Å²) in [6.07, 6.45) is -0.434. The summed E-state index contributed by atoms with van der Waals surface area (Å²) in [6.45, 7) is 4.54. The van der Waals surface area contributed by atoms with Crippen molar-refractivity contribution in [3.63, 3.8) is 0 Å². The maximum atomic E-state index is 14.2. The molecule has 0 saturated carbocycles. The Bertz CT molecular complexity index is 1380. The molecule has 5 rings (SSSR count). The lowest BCUT2D eigenvalue weighted by atomic mass is 10.1. The average molecular weight is 525 g/mol. The van der Waals surface area contributed by atoms with Gasteiger partial charge in [0.15, 0.2) is 5.76 Å². The van der Waals surface area contributed by atoms with Gasteiger partial charge in [-0.05, 0) is 42.8 Å². The number of piperazine rings is 1. The first-order chi connectivity index (χ1) is 17.9. The summed E-state index contributed by atoms with van der Waals surface area (Å²) < 4.78 is 40.3. The number of amides is 1. The number of halogens is 3. The van der Waals surface area contributed by atoms with E-state index in [0.717, 1.165) is 16.5 Å². The Hall–Kier alpha value is -3.26. The van der Waals surface area contributed by atoms with Gasteiger partial charge < -0.3 is 14.1 Å². The smallest absolute Gasteiger partial charge is 0.289 e. The lowest BCUT2D eigenvalue weighted by Gasteiger charge is -2.36. The Morgan fingerprint density at radius 3 is 2.32 bits per heavy atom. The summed E-state index contributed by atoms with van der Waals surface area (Å²) in [5, 5.41) is 1.54. The van der Waals surface area contributed by atoms with Gasteiger partial charge >= 0.3 is 0 Å². The molecular weight excluding hydrogens is 498 g/mol. The number of benzene rings is 3. The van der Waals surface area contributed by atoms with E-state index >= 15 is 0 Å². The molecule has 1 aliphatic heterocycles. The molecule has 1 atom stereocenters. The summed E-state index contributed by atoms with van der Waals surface area (Å²) in [7, 11) is 0. The largest absolute Gasteiger partial charge is 0.451 e. The molecule has 1 fully saturated rings. The van der Waals surface area contributed by atoms with Gasteiger partial charge in [-0.2, -0.15) is 0 Å². The van der Waals surface area contributed by atoms with E-state index in [1.54, 1.807) is 17.0 Å². The Balaban J connectivity index is 1.25. The van der Waals surface area contributed by atoms with Crippen LogP contribution >= 0.6 is 11.6 Å². The van der Waals surface area contributed by atoms with Crippen LogP contribution in [0.3, 0.4) is 0 Å². The van der Waals surface area contributed by atoms with E-state index < -0.39 is 17.7 Å². The third-order valence-corrected chi connectivity index (χ3v) is 7.11. The minimum Gasteiger partial charge on any atom is -0.451 e. The topological polar surface area (TPSA) is 45.9 Å². The highest BCUT2D eigenvalue weighted by atomic mass is 35.5. The molecule has 1 saturated heterocycles. The van der Waals surface area contributed by atoms with E-state index in [1.807, 2.05) is 43.3 Å². The number of ether oxygens (including phenoxy) is 1. The summed E-state index contributed by atoms with van der Waals surface area (Å²) in [5.74, 6) is -1.01. The predicted molar refractivity (Wildman–Crippen MR) is 139 cm³/mol. The lowest BCUT2D eigenvalue weighted by molar-refractivity contribution is 0.00116. The number of fused-ring (bicyclic) bond motifs is 1. The molecule has 3 aromatic carbocycles. The second-order valence-corrected chi connectivity index (χ2v) is 9.63. The Morgan fingerprint density at radius 1 is 0.973 bits per heavy atom. The first-order valence-corrected chi connectivity index (χ1v) is 12.6. The molecule has 8 heteroatoms. The number of carbonyl (C=O) groups excluding carboxylic acids is 1. The van der Waals surface area contributed by atoms with Gasteiger partial charge in [-0.25, -0.2) is 8.78 Å². The molecule has 37 heavy (non-hydrogen) atoms. The summed E-state index contributed by atoms with van der Waals surface area (Å²) in [6, 6.07) is 18.6.